The predicted molar refractivity (Wildman–Crippen MR) is 53.4 cm³/mol. The van der Waals surface area contributed by atoms with Crippen molar-refractivity contribution in [3.8, 4) is 0 Å². The third-order valence-electron chi connectivity index (χ3n) is 1.68. The van der Waals surface area contributed by atoms with Crippen molar-refractivity contribution in [2.45, 2.75) is 33.2 Å². The minimum atomic E-state index is 0.321. The summed E-state index contributed by atoms with van der Waals surface area (Å²) in [6, 6.07) is 0.321. The van der Waals surface area contributed by atoms with Crippen molar-refractivity contribution < 1.29 is 4.74 Å². The number of hydrogen-bond acceptors (Lipinski definition) is 2. The highest BCUT2D eigenvalue weighted by atomic mass is 16.5. The first-order valence-corrected chi connectivity index (χ1v) is 4.68. The lowest BCUT2D eigenvalue weighted by Crippen LogP contribution is -2.34. The maximum atomic E-state index is 5.44. The summed E-state index contributed by atoms with van der Waals surface area (Å²) in [5.41, 5.74) is 1.15. The van der Waals surface area contributed by atoms with Gasteiger partial charge in [0, 0.05) is 6.61 Å². The highest BCUT2D eigenvalue weighted by Gasteiger charge is 2.06. The quantitative estimate of drug-likeness (QED) is 0.467. The summed E-state index contributed by atoms with van der Waals surface area (Å²) in [4.78, 5) is 0. The fourth-order valence-corrected chi connectivity index (χ4v) is 0.967. The molecule has 0 aliphatic carbocycles. The molecule has 12 heavy (non-hydrogen) atoms. The molecule has 1 N–H and O–H groups in total. The summed E-state index contributed by atoms with van der Waals surface area (Å²) in [6.45, 7) is 12.7. The van der Waals surface area contributed by atoms with Crippen LogP contribution in [-0.4, -0.2) is 25.8 Å². The Morgan fingerprint density at radius 2 is 2.17 bits per heavy atom. The fraction of sp³-hybridized carbons (Fsp3) is 0.800. The van der Waals surface area contributed by atoms with E-state index in [2.05, 4.69) is 25.7 Å². The molecule has 2 nitrogen and oxygen atoms in total. The highest BCUT2D eigenvalue weighted by Crippen LogP contribution is 1.98. The lowest BCUT2D eigenvalue weighted by Gasteiger charge is -2.17. The Kier molecular flexibility index (Phi) is 7.11. The van der Waals surface area contributed by atoms with Crippen molar-refractivity contribution in [3.63, 3.8) is 0 Å². The molecule has 1 unspecified atom stereocenters. The Balaban J connectivity index is 3.56. The van der Waals surface area contributed by atoms with Crippen LogP contribution < -0.4 is 5.32 Å². The average molecular weight is 171 g/mol. The van der Waals surface area contributed by atoms with Crippen LogP contribution in [0.5, 0.6) is 0 Å². The van der Waals surface area contributed by atoms with Crippen LogP contribution in [0.3, 0.4) is 0 Å². The van der Waals surface area contributed by atoms with Crippen LogP contribution in [0.4, 0.5) is 0 Å². The van der Waals surface area contributed by atoms with Crippen molar-refractivity contribution in [2.24, 2.45) is 0 Å². The molecule has 0 aromatic heterocycles. The SMILES string of the molecule is C=C(C)C(COCCC)NCC. The van der Waals surface area contributed by atoms with Gasteiger partial charge in [-0.3, -0.25) is 0 Å². The van der Waals surface area contributed by atoms with Gasteiger partial charge in [0.15, 0.2) is 0 Å². The Hall–Kier alpha value is -0.340. The summed E-state index contributed by atoms with van der Waals surface area (Å²) in [7, 11) is 0. The zero-order chi connectivity index (χ0) is 9.40. The summed E-state index contributed by atoms with van der Waals surface area (Å²) >= 11 is 0. The smallest absolute Gasteiger partial charge is 0.0657 e. The van der Waals surface area contributed by atoms with E-state index in [9.17, 15) is 0 Å². The van der Waals surface area contributed by atoms with Crippen molar-refractivity contribution in [3.05, 3.63) is 12.2 Å². The molecule has 0 radical (unpaired) electrons. The molecule has 72 valence electrons. The Bertz CT molecular complexity index is 123. The molecule has 0 bridgehead atoms. The van der Waals surface area contributed by atoms with Crippen LogP contribution in [0.25, 0.3) is 0 Å². The lowest BCUT2D eigenvalue weighted by atomic mass is 10.1. The van der Waals surface area contributed by atoms with E-state index < -0.39 is 0 Å². The van der Waals surface area contributed by atoms with E-state index >= 15 is 0 Å². The van der Waals surface area contributed by atoms with Crippen LogP contribution in [0.1, 0.15) is 27.2 Å². The van der Waals surface area contributed by atoms with Gasteiger partial charge in [-0.1, -0.05) is 26.0 Å². The van der Waals surface area contributed by atoms with Crippen molar-refractivity contribution >= 4 is 0 Å². The maximum absolute atomic E-state index is 5.44. The summed E-state index contributed by atoms with van der Waals surface area (Å²) < 4.78 is 5.44. The molecule has 0 fully saturated rings. The third-order valence-corrected chi connectivity index (χ3v) is 1.68. The van der Waals surface area contributed by atoms with Gasteiger partial charge in [0.25, 0.3) is 0 Å². The van der Waals surface area contributed by atoms with E-state index in [0.29, 0.717) is 6.04 Å². The lowest BCUT2D eigenvalue weighted by molar-refractivity contribution is 0.120. The summed E-state index contributed by atoms with van der Waals surface area (Å²) in [6.07, 6.45) is 1.08. The second kappa shape index (κ2) is 7.32. The first kappa shape index (κ1) is 11.7. The van der Waals surface area contributed by atoms with Gasteiger partial charge in [0.1, 0.15) is 0 Å². The van der Waals surface area contributed by atoms with E-state index in [1.165, 1.54) is 0 Å². The molecule has 0 aliphatic rings. The topological polar surface area (TPSA) is 21.3 Å². The Morgan fingerprint density at radius 1 is 1.50 bits per heavy atom. The fourth-order valence-electron chi connectivity index (χ4n) is 0.967. The van der Waals surface area contributed by atoms with Gasteiger partial charge in [0.2, 0.25) is 0 Å². The molecule has 0 aliphatic heterocycles. The first-order valence-electron chi connectivity index (χ1n) is 4.68. The highest BCUT2D eigenvalue weighted by molar-refractivity contribution is 5.01. The largest absolute Gasteiger partial charge is 0.379 e. The van der Waals surface area contributed by atoms with Gasteiger partial charge < -0.3 is 10.1 Å². The van der Waals surface area contributed by atoms with Gasteiger partial charge in [-0.25, -0.2) is 0 Å². The molecule has 0 heterocycles. The van der Waals surface area contributed by atoms with Crippen molar-refractivity contribution in [1.29, 1.82) is 0 Å². The van der Waals surface area contributed by atoms with E-state index in [-0.39, 0.29) is 0 Å². The zero-order valence-electron chi connectivity index (χ0n) is 8.52. The molecule has 1 atom stereocenters. The van der Waals surface area contributed by atoms with Gasteiger partial charge in [0.05, 0.1) is 12.6 Å². The van der Waals surface area contributed by atoms with E-state index in [1.54, 1.807) is 0 Å². The summed E-state index contributed by atoms with van der Waals surface area (Å²) in [5.74, 6) is 0. The minimum absolute atomic E-state index is 0.321. The molecule has 0 saturated heterocycles. The second-order valence-corrected chi connectivity index (χ2v) is 3.03. The van der Waals surface area contributed by atoms with Crippen LogP contribution in [0.2, 0.25) is 0 Å². The number of hydrogen-bond donors (Lipinski definition) is 1. The van der Waals surface area contributed by atoms with Gasteiger partial charge >= 0.3 is 0 Å². The zero-order valence-corrected chi connectivity index (χ0v) is 8.52. The molecule has 0 rings (SSSR count). The normalized spacial score (nSPS) is 12.9. The van der Waals surface area contributed by atoms with Crippen LogP contribution >= 0.6 is 0 Å². The minimum Gasteiger partial charge on any atom is -0.379 e. The van der Waals surface area contributed by atoms with Crippen molar-refractivity contribution in [2.75, 3.05) is 19.8 Å². The number of ether oxygens (including phenoxy) is 1. The summed E-state index contributed by atoms with van der Waals surface area (Å²) in [5, 5.41) is 3.32. The van der Waals surface area contributed by atoms with Crippen molar-refractivity contribution in [1.82, 2.24) is 5.32 Å². The Labute approximate surface area is 76.0 Å². The first-order chi connectivity index (χ1) is 5.72. The average Bonchev–Trinajstić information content (AvgIpc) is 2.03. The van der Waals surface area contributed by atoms with E-state index in [1.807, 2.05) is 6.92 Å². The molecule has 0 saturated carbocycles. The number of likely N-dealkylation sites (N-methyl/N-ethyl adjacent to an activating group) is 1. The van der Waals surface area contributed by atoms with Gasteiger partial charge in [-0.15, -0.1) is 0 Å². The standard InChI is InChI=1S/C10H21NO/c1-5-7-12-8-10(9(3)4)11-6-2/h10-11H,3,5-8H2,1-2,4H3. The molecule has 2 heteroatoms. The third kappa shape index (κ3) is 5.33. The second-order valence-electron chi connectivity index (χ2n) is 3.03. The number of rotatable bonds is 7. The maximum Gasteiger partial charge on any atom is 0.0657 e. The monoisotopic (exact) mass is 171 g/mol. The molecule has 0 aromatic carbocycles. The van der Waals surface area contributed by atoms with Crippen LogP contribution in [-0.2, 0) is 4.74 Å². The van der Waals surface area contributed by atoms with Gasteiger partial charge in [-0.2, -0.15) is 0 Å². The molecular weight excluding hydrogens is 150 g/mol. The van der Waals surface area contributed by atoms with Crippen LogP contribution in [0.15, 0.2) is 12.2 Å². The molecular formula is C10H21NO. The molecule has 0 spiro atoms. The Morgan fingerprint density at radius 3 is 2.58 bits per heavy atom. The predicted octanol–water partition coefficient (Wildman–Crippen LogP) is 1.97. The van der Waals surface area contributed by atoms with Crippen LogP contribution in [0, 0.1) is 0 Å². The number of nitrogens with one attached hydrogen (secondary N) is 1. The molecule has 0 aromatic rings. The van der Waals surface area contributed by atoms with E-state index in [4.69, 9.17) is 4.74 Å². The molecule has 0 amide bonds. The van der Waals surface area contributed by atoms with E-state index in [0.717, 1.165) is 31.8 Å². The van der Waals surface area contributed by atoms with Gasteiger partial charge in [-0.05, 0) is 19.9 Å².